The van der Waals surface area contributed by atoms with Gasteiger partial charge in [-0.3, -0.25) is 14.5 Å². The van der Waals surface area contributed by atoms with E-state index in [0.717, 1.165) is 34.5 Å². The minimum atomic E-state index is -0.00299. The molecule has 5 rings (SSSR count). The van der Waals surface area contributed by atoms with Gasteiger partial charge >= 0.3 is 0 Å². The van der Waals surface area contributed by atoms with Gasteiger partial charge in [0.1, 0.15) is 0 Å². The Kier molecular flexibility index (Phi) is 6.04. The molecule has 0 spiro atoms. The second-order valence-corrected chi connectivity index (χ2v) is 10.1. The molecule has 6 heteroatoms. The highest BCUT2D eigenvalue weighted by Gasteiger charge is 2.27. The molecule has 1 N–H and O–H groups in total. The van der Waals surface area contributed by atoms with Crippen LogP contribution in [0.1, 0.15) is 31.9 Å². The standard InChI is InChI=1S/C27H29N3O2S/c1-18-6-5-7-19(2)25(18)28-24(31)17-29-12-14-30(15-13-29)27(32)23-16-21-11-10-20-8-3-4-9-22(20)26(21)33-23/h3-9,16H,10-15,17H2,1-2H3,(H,28,31). The molecule has 0 atom stereocenters. The van der Waals surface area contributed by atoms with Crippen LogP contribution in [0, 0.1) is 13.8 Å². The summed E-state index contributed by atoms with van der Waals surface area (Å²) in [5.41, 5.74) is 6.99. The van der Waals surface area contributed by atoms with E-state index in [9.17, 15) is 9.59 Å². The number of piperazine rings is 1. The van der Waals surface area contributed by atoms with Crippen molar-refractivity contribution in [3.05, 3.63) is 75.7 Å². The Balaban J connectivity index is 1.19. The summed E-state index contributed by atoms with van der Waals surface area (Å²) in [4.78, 5) is 32.0. The van der Waals surface area contributed by atoms with Gasteiger partial charge in [0, 0.05) is 36.7 Å². The molecule has 0 saturated carbocycles. The van der Waals surface area contributed by atoms with E-state index < -0.39 is 0 Å². The minimum absolute atomic E-state index is 0.00299. The average molecular weight is 460 g/mol. The van der Waals surface area contributed by atoms with Gasteiger partial charge in [0.15, 0.2) is 0 Å². The van der Waals surface area contributed by atoms with Crippen molar-refractivity contribution in [2.45, 2.75) is 26.7 Å². The number of amides is 2. The van der Waals surface area contributed by atoms with Crippen LogP contribution in [0.15, 0.2) is 48.5 Å². The van der Waals surface area contributed by atoms with Crippen LogP contribution in [-0.2, 0) is 17.6 Å². The number of hydrogen-bond acceptors (Lipinski definition) is 4. The summed E-state index contributed by atoms with van der Waals surface area (Å²) >= 11 is 1.63. The molecule has 33 heavy (non-hydrogen) atoms. The summed E-state index contributed by atoms with van der Waals surface area (Å²) in [6.45, 7) is 7.07. The monoisotopic (exact) mass is 459 g/mol. The number of hydrogen-bond donors (Lipinski definition) is 1. The largest absolute Gasteiger partial charge is 0.335 e. The molecule has 170 valence electrons. The van der Waals surface area contributed by atoms with E-state index in [1.54, 1.807) is 11.3 Å². The summed E-state index contributed by atoms with van der Waals surface area (Å²) in [5, 5.41) is 3.06. The number of carbonyl (C=O) groups is 2. The number of fused-ring (bicyclic) bond motifs is 3. The molecule has 0 radical (unpaired) electrons. The molecule has 1 aliphatic heterocycles. The zero-order valence-corrected chi connectivity index (χ0v) is 20.0. The first-order valence-electron chi connectivity index (χ1n) is 11.6. The van der Waals surface area contributed by atoms with Gasteiger partial charge in [0.2, 0.25) is 5.91 Å². The predicted octanol–water partition coefficient (Wildman–Crippen LogP) is 4.53. The van der Waals surface area contributed by atoms with E-state index in [0.29, 0.717) is 32.7 Å². The van der Waals surface area contributed by atoms with Crippen molar-refractivity contribution in [3.63, 3.8) is 0 Å². The molecule has 0 bridgehead atoms. The first kappa shape index (κ1) is 21.9. The van der Waals surface area contributed by atoms with Crippen LogP contribution in [-0.4, -0.2) is 54.3 Å². The summed E-state index contributed by atoms with van der Waals surface area (Å²) in [6, 6.07) is 16.6. The number of nitrogens with zero attached hydrogens (tertiary/aromatic N) is 2. The summed E-state index contributed by atoms with van der Waals surface area (Å²) in [7, 11) is 0. The molecule has 2 aliphatic rings. The lowest BCUT2D eigenvalue weighted by Crippen LogP contribution is -2.50. The third-order valence-corrected chi connectivity index (χ3v) is 7.92. The molecule has 3 aromatic rings. The fourth-order valence-corrected chi connectivity index (χ4v) is 6.07. The fraction of sp³-hybridized carbons (Fsp3) is 0.333. The number of para-hydroxylation sites is 1. The number of carbonyl (C=O) groups excluding carboxylic acids is 2. The van der Waals surface area contributed by atoms with Crippen molar-refractivity contribution < 1.29 is 9.59 Å². The zero-order chi connectivity index (χ0) is 22.9. The van der Waals surface area contributed by atoms with Crippen LogP contribution >= 0.6 is 11.3 Å². The van der Waals surface area contributed by atoms with Gasteiger partial charge in [-0.05, 0) is 60.6 Å². The summed E-state index contributed by atoms with van der Waals surface area (Å²) in [6.07, 6.45) is 2.04. The molecule has 5 nitrogen and oxygen atoms in total. The molecular weight excluding hydrogens is 430 g/mol. The highest BCUT2D eigenvalue weighted by Crippen LogP contribution is 2.39. The average Bonchev–Trinajstić information content (AvgIpc) is 3.27. The predicted molar refractivity (Wildman–Crippen MR) is 134 cm³/mol. The smallest absolute Gasteiger partial charge is 0.264 e. The van der Waals surface area contributed by atoms with Gasteiger partial charge in [-0.1, -0.05) is 42.5 Å². The van der Waals surface area contributed by atoms with Gasteiger partial charge in [-0.15, -0.1) is 11.3 Å². The Labute approximate surface area is 199 Å². The maximum atomic E-state index is 13.2. The molecule has 2 aromatic carbocycles. The first-order chi connectivity index (χ1) is 16.0. The number of thiophene rings is 1. The highest BCUT2D eigenvalue weighted by molar-refractivity contribution is 7.17. The Morgan fingerprint density at radius 2 is 1.61 bits per heavy atom. The van der Waals surface area contributed by atoms with Crippen LogP contribution < -0.4 is 5.32 Å². The zero-order valence-electron chi connectivity index (χ0n) is 19.2. The minimum Gasteiger partial charge on any atom is -0.335 e. The lowest BCUT2D eigenvalue weighted by molar-refractivity contribution is -0.117. The van der Waals surface area contributed by atoms with Gasteiger partial charge in [0.25, 0.3) is 5.91 Å². The molecule has 1 saturated heterocycles. The van der Waals surface area contributed by atoms with Crippen LogP contribution in [0.25, 0.3) is 10.4 Å². The lowest BCUT2D eigenvalue weighted by atomic mass is 9.91. The highest BCUT2D eigenvalue weighted by atomic mass is 32.1. The van der Waals surface area contributed by atoms with Crippen molar-refractivity contribution in [3.8, 4) is 10.4 Å². The number of anilines is 1. The van der Waals surface area contributed by atoms with Crippen molar-refractivity contribution >= 4 is 28.8 Å². The van der Waals surface area contributed by atoms with E-state index in [1.807, 2.05) is 36.9 Å². The second kappa shape index (κ2) is 9.12. The Morgan fingerprint density at radius 3 is 2.36 bits per heavy atom. The molecule has 0 unspecified atom stereocenters. The van der Waals surface area contributed by atoms with Crippen molar-refractivity contribution in [1.29, 1.82) is 0 Å². The normalized spacial score (nSPS) is 15.6. The quantitative estimate of drug-likeness (QED) is 0.624. The van der Waals surface area contributed by atoms with Gasteiger partial charge in [0.05, 0.1) is 11.4 Å². The Morgan fingerprint density at radius 1 is 0.909 bits per heavy atom. The van der Waals surface area contributed by atoms with E-state index in [1.165, 1.54) is 21.6 Å². The van der Waals surface area contributed by atoms with E-state index >= 15 is 0 Å². The second-order valence-electron chi connectivity index (χ2n) is 9.01. The van der Waals surface area contributed by atoms with Crippen molar-refractivity contribution in [1.82, 2.24) is 9.80 Å². The molecule has 2 heterocycles. The first-order valence-corrected chi connectivity index (χ1v) is 12.4. The van der Waals surface area contributed by atoms with E-state index in [2.05, 4.69) is 40.5 Å². The molecule has 1 aliphatic carbocycles. The van der Waals surface area contributed by atoms with Crippen molar-refractivity contribution in [2.75, 3.05) is 38.0 Å². The Hall–Kier alpha value is -2.96. The third-order valence-electron chi connectivity index (χ3n) is 6.72. The van der Waals surface area contributed by atoms with Crippen LogP contribution in [0.4, 0.5) is 5.69 Å². The third kappa shape index (κ3) is 4.45. The SMILES string of the molecule is Cc1cccc(C)c1NC(=O)CN1CCN(C(=O)c2cc3c(s2)-c2ccccc2CC3)CC1. The fourth-order valence-electron chi connectivity index (χ4n) is 4.84. The van der Waals surface area contributed by atoms with Gasteiger partial charge in [-0.25, -0.2) is 0 Å². The lowest BCUT2D eigenvalue weighted by Gasteiger charge is -2.34. The van der Waals surface area contributed by atoms with Crippen LogP contribution in [0.5, 0.6) is 0 Å². The van der Waals surface area contributed by atoms with Crippen LogP contribution in [0.3, 0.4) is 0 Å². The number of rotatable bonds is 4. The van der Waals surface area contributed by atoms with E-state index in [4.69, 9.17) is 0 Å². The molecule has 1 fully saturated rings. The van der Waals surface area contributed by atoms with Crippen LogP contribution in [0.2, 0.25) is 0 Å². The van der Waals surface area contributed by atoms with E-state index in [-0.39, 0.29) is 11.8 Å². The topological polar surface area (TPSA) is 52.7 Å². The summed E-state index contributed by atoms with van der Waals surface area (Å²) in [5.74, 6) is 0.114. The number of aryl methyl sites for hydroxylation is 4. The van der Waals surface area contributed by atoms with Crippen molar-refractivity contribution in [2.24, 2.45) is 0 Å². The van der Waals surface area contributed by atoms with Gasteiger partial charge < -0.3 is 10.2 Å². The molecule has 2 amide bonds. The maximum absolute atomic E-state index is 13.2. The molecular formula is C27H29N3O2S. The van der Waals surface area contributed by atoms with Gasteiger partial charge in [-0.2, -0.15) is 0 Å². The summed E-state index contributed by atoms with van der Waals surface area (Å²) < 4.78 is 0. The maximum Gasteiger partial charge on any atom is 0.264 e. The molecule has 1 aromatic heterocycles. The number of benzene rings is 2. The number of nitrogens with one attached hydrogen (secondary N) is 1. The Bertz CT molecular complexity index is 1190.